The molecule has 2 aromatic rings. The van der Waals surface area contributed by atoms with Gasteiger partial charge in [-0.2, -0.15) is 0 Å². The topological polar surface area (TPSA) is 34.1 Å². The quantitative estimate of drug-likeness (QED) is 0.925. The first-order chi connectivity index (χ1) is 10.2. The number of rotatable bonds is 4. The number of thiazole rings is 1. The Balaban J connectivity index is 1.94. The van der Waals surface area contributed by atoms with E-state index in [1.807, 2.05) is 17.4 Å². The predicted octanol–water partition coefficient (Wildman–Crippen LogP) is 4.04. The van der Waals surface area contributed by atoms with Crippen LogP contribution in [-0.2, 0) is 0 Å². The number of hydrogen-bond acceptors (Lipinski definition) is 4. The summed E-state index contributed by atoms with van der Waals surface area (Å²) in [5, 5.41) is 4.71. The summed E-state index contributed by atoms with van der Waals surface area (Å²) in [6, 6.07) is 8.72. The van der Waals surface area contributed by atoms with Gasteiger partial charge in [0, 0.05) is 22.4 Å². The molecule has 1 N–H and O–H groups in total. The summed E-state index contributed by atoms with van der Waals surface area (Å²) >= 11 is 1.85. The van der Waals surface area contributed by atoms with E-state index in [4.69, 9.17) is 9.72 Å². The number of hydrogen-bond donors (Lipinski definition) is 1. The van der Waals surface area contributed by atoms with Gasteiger partial charge in [0.2, 0.25) is 0 Å². The average molecular weight is 302 g/mol. The molecule has 0 amide bonds. The third-order valence-corrected chi connectivity index (χ3v) is 5.46. The van der Waals surface area contributed by atoms with Gasteiger partial charge in [-0.3, -0.25) is 0 Å². The first-order valence-electron chi connectivity index (χ1n) is 7.63. The Kier molecular flexibility index (Phi) is 4.27. The highest BCUT2D eigenvalue weighted by Gasteiger charge is 2.26. The zero-order valence-electron chi connectivity index (χ0n) is 12.8. The molecule has 0 radical (unpaired) electrons. The van der Waals surface area contributed by atoms with Crippen LogP contribution in [0.4, 0.5) is 0 Å². The number of aromatic nitrogens is 1. The minimum absolute atomic E-state index is 0.372. The summed E-state index contributed by atoms with van der Waals surface area (Å²) in [6.45, 7) is 8.23. The smallest absolute Gasteiger partial charge is 0.123 e. The van der Waals surface area contributed by atoms with Crippen molar-refractivity contribution < 1.29 is 4.74 Å². The Labute approximate surface area is 130 Å². The van der Waals surface area contributed by atoms with Gasteiger partial charge in [-0.25, -0.2) is 4.98 Å². The number of ether oxygens (including phenoxy) is 1. The molecule has 0 saturated heterocycles. The molecule has 21 heavy (non-hydrogen) atoms. The normalized spacial score (nSPS) is 18.9. The molecule has 1 aromatic heterocycles. The fraction of sp³-hybridized carbons (Fsp3) is 0.471. The van der Waals surface area contributed by atoms with Crippen molar-refractivity contribution in [2.24, 2.45) is 0 Å². The molecule has 0 fully saturated rings. The lowest BCUT2D eigenvalue weighted by atomic mass is 9.94. The summed E-state index contributed by atoms with van der Waals surface area (Å²) in [5.74, 6) is 1.39. The van der Waals surface area contributed by atoms with E-state index in [1.54, 1.807) is 0 Å². The summed E-state index contributed by atoms with van der Waals surface area (Å²) in [5.41, 5.74) is 2.44. The van der Waals surface area contributed by atoms with Crippen molar-refractivity contribution >= 4 is 11.3 Å². The van der Waals surface area contributed by atoms with Crippen molar-refractivity contribution in [1.29, 1.82) is 0 Å². The minimum Gasteiger partial charge on any atom is -0.493 e. The van der Waals surface area contributed by atoms with Gasteiger partial charge < -0.3 is 10.1 Å². The average Bonchev–Trinajstić information content (AvgIpc) is 2.89. The van der Waals surface area contributed by atoms with Gasteiger partial charge in [0.05, 0.1) is 12.3 Å². The number of para-hydroxylation sites is 1. The number of nitrogens with zero attached hydrogens (tertiary/aromatic N) is 1. The molecule has 3 nitrogen and oxygen atoms in total. The molecule has 2 heterocycles. The van der Waals surface area contributed by atoms with E-state index >= 15 is 0 Å². The molecule has 2 unspecified atom stereocenters. The van der Waals surface area contributed by atoms with E-state index < -0.39 is 0 Å². The molecule has 3 rings (SSSR count). The van der Waals surface area contributed by atoms with E-state index in [0.717, 1.165) is 31.0 Å². The first-order valence-corrected chi connectivity index (χ1v) is 8.44. The molecule has 1 aliphatic heterocycles. The summed E-state index contributed by atoms with van der Waals surface area (Å²) in [6.07, 6.45) is 1.01. The van der Waals surface area contributed by atoms with Crippen molar-refractivity contribution in [3.63, 3.8) is 0 Å². The summed E-state index contributed by atoms with van der Waals surface area (Å²) in [7, 11) is 0. The number of fused-ring (bicyclic) bond motifs is 1. The zero-order chi connectivity index (χ0) is 14.8. The standard InChI is InChI=1S/C17H22N2OS/c1-4-18-11(2)16-12(3)19-17(21-16)14-9-10-20-15-8-6-5-7-13(14)15/h5-8,11,14,18H,4,9-10H2,1-3H3. The maximum absolute atomic E-state index is 5.76. The second-order valence-corrected chi connectivity index (χ2v) is 6.57. The van der Waals surface area contributed by atoms with E-state index in [-0.39, 0.29) is 0 Å². The van der Waals surface area contributed by atoms with Gasteiger partial charge in [0.15, 0.2) is 0 Å². The van der Waals surface area contributed by atoms with Crippen LogP contribution in [0.1, 0.15) is 53.4 Å². The van der Waals surface area contributed by atoms with Crippen LogP contribution in [0.5, 0.6) is 5.75 Å². The van der Waals surface area contributed by atoms with Gasteiger partial charge in [-0.05, 0) is 32.9 Å². The van der Waals surface area contributed by atoms with Crippen LogP contribution in [0.25, 0.3) is 0 Å². The van der Waals surface area contributed by atoms with E-state index in [1.165, 1.54) is 15.4 Å². The number of nitrogens with one attached hydrogen (secondary N) is 1. The van der Waals surface area contributed by atoms with Crippen LogP contribution < -0.4 is 10.1 Å². The van der Waals surface area contributed by atoms with Gasteiger partial charge in [-0.15, -0.1) is 11.3 Å². The van der Waals surface area contributed by atoms with Crippen molar-refractivity contribution in [3.05, 3.63) is 45.4 Å². The van der Waals surface area contributed by atoms with Crippen molar-refractivity contribution in [3.8, 4) is 5.75 Å². The molecule has 112 valence electrons. The fourth-order valence-corrected chi connectivity index (χ4v) is 4.23. The van der Waals surface area contributed by atoms with Gasteiger partial charge in [0.25, 0.3) is 0 Å². The van der Waals surface area contributed by atoms with Gasteiger partial charge in [0.1, 0.15) is 10.8 Å². The predicted molar refractivity (Wildman–Crippen MR) is 87.3 cm³/mol. The minimum atomic E-state index is 0.372. The molecule has 0 bridgehead atoms. The molecule has 1 aliphatic rings. The third-order valence-electron chi connectivity index (χ3n) is 4.01. The molecule has 0 saturated carbocycles. The third kappa shape index (κ3) is 2.83. The van der Waals surface area contributed by atoms with Crippen LogP contribution in [-0.4, -0.2) is 18.1 Å². The molecule has 1 aromatic carbocycles. The monoisotopic (exact) mass is 302 g/mol. The highest BCUT2D eigenvalue weighted by Crippen LogP contribution is 2.40. The molecular weight excluding hydrogens is 280 g/mol. The Morgan fingerprint density at radius 3 is 3.05 bits per heavy atom. The second kappa shape index (κ2) is 6.16. The van der Waals surface area contributed by atoms with Crippen LogP contribution in [0.15, 0.2) is 24.3 Å². The van der Waals surface area contributed by atoms with Crippen LogP contribution in [0.2, 0.25) is 0 Å². The largest absolute Gasteiger partial charge is 0.493 e. The maximum atomic E-state index is 5.76. The van der Waals surface area contributed by atoms with Crippen LogP contribution >= 0.6 is 11.3 Å². The number of benzene rings is 1. The summed E-state index contributed by atoms with van der Waals surface area (Å²) in [4.78, 5) is 6.22. The van der Waals surface area contributed by atoms with Crippen molar-refractivity contribution in [2.75, 3.05) is 13.2 Å². The van der Waals surface area contributed by atoms with E-state index in [2.05, 4.69) is 44.3 Å². The van der Waals surface area contributed by atoms with E-state index in [9.17, 15) is 0 Å². The Hall–Kier alpha value is -1.39. The van der Waals surface area contributed by atoms with Crippen LogP contribution in [0, 0.1) is 6.92 Å². The van der Waals surface area contributed by atoms with Crippen molar-refractivity contribution in [1.82, 2.24) is 10.3 Å². The zero-order valence-corrected chi connectivity index (χ0v) is 13.7. The van der Waals surface area contributed by atoms with Crippen LogP contribution in [0.3, 0.4) is 0 Å². The fourth-order valence-electron chi connectivity index (χ4n) is 2.98. The van der Waals surface area contributed by atoms with E-state index in [0.29, 0.717) is 12.0 Å². The van der Waals surface area contributed by atoms with Gasteiger partial charge >= 0.3 is 0 Å². The molecule has 2 atom stereocenters. The Bertz CT molecular complexity index is 623. The molecule has 4 heteroatoms. The maximum Gasteiger partial charge on any atom is 0.123 e. The number of aryl methyl sites for hydroxylation is 1. The molecule has 0 aliphatic carbocycles. The Morgan fingerprint density at radius 1 is 1.43 bits per heavy atom. The highest BCUT2D eigenvalue weighted by atomic mass is 32.1. The highest BCUT2D eigenvalue weighted by molar-refractivity contribution is 7.12. The van der Waals surface area contributed by atoms with Crippen molar-refractivity contribution in [2.45, 2.75) is 39.2 Å². The lowest BCUT2D eigenvalue weighted by Gasteiger charge is -2.24. The second-order valence-electron chi connectivity index (χ2n) is 5.51. The SMILES string of the molecule is CCNC(C)c1sc(C2CCOc3ccccc32)nc1C. The molecule has 0 spiro atoms. The van der Waals surface area contributed by atoms with Gasteiger partial charge in [-0.1, -0.05) is 25.1 Å². The lowest BCUT2D eigenvalue weighted by molar-refractivity contribution is 0.277. The Morgan fingerprint density at radius 2 is 2.24 bits per heavy atom. The molecular formula is C17H22N2OS. The lowest BCUT2D eigenvalue weighted by Crippen LogP contribution is -2.17. The summed E-state index contributed by atoms with van der Waals surface area (Å²) < 4.78 is 5.76. The first kappa shape index (κ1) is 14.5.